The van der Waals surface area contributed by atoms with Gasteiger partial charge in [-0.15, -0.1) is 0 Å². The van der Waals surface area contributed by atoms with Crippen LogP contribution in [0.2, 0.25) is 10.0 Å². The van der Waals surface area contributed by atoms with E-state index < -0.39 is 0 Å². The second-order valence-corrected chi connectivity index (χ2v) is 7.34. The van der Waals surface area contributed by atoms with E-state index in [0.29, 0.717) is 37.0 Å². The molecule has 0 unspecified atom stereocenters. The molecule has 0 saturated heterocycles. The smallest absolute Gasteiger partial charge is 0.276 e. The molecule has 0 radical (unpaired) electrons. The molecule has 0 saturated carbocycles. The third kappa shape index (κ3) is 3.83. The van der Waals surface area contributed by atoms with Crippen molar-refractivity contribution in [3.05, 3.63) is 60.8 Å². The summed E-state index contributed by atoms with van der Waals surface area (Å²) in [6.45, 7) is 0.485. The predicted molar refractivity (Wildman–Crippen MR) is 99.7 cm³/mol. The lowest BCUT2D eigenvalue weighted by atomic mass is 10.2. The first-order chi connectivity index (χ1) is 11.4. The quantitative estimate of drug-likeness (QED) is 0.551. The van der Waals surface area contributed by atoms with Crippen molar-refractivity contribution in [2.24, 2.45) is 0 Å². The van der Waals surface area contributed by atoms with Crippen molar-refractivity contribution in [2.45, 2.75) is 6.54 Å². The Labute approximate surface area is 163 Å². The summed E-state index contributed by atoms with van der Waals surface area (Å²) in [7, 11) is 0. The van der Waals surface area contributed by atoms with Gasteiger partial charge in [0.05, 0.1) is 31.7 Å². The Morgan fingerprint density at radius 3 is 2.71 bits per heavy atom. The lowest BCUT2D eigenvalue weighted by molar-refractivity contribution is 0.102. The molecule has 0 bridgehead atoms. The van der Waals surface area contributed by atoms with Gasteiger partial charge in [0.15, 0.2) is 5.82 Å². The van der Waals surface area contributed by atoms with E-state index in [9.17, 15) is 4.79 Å². The maximum absolute atomic E-state index is 12.2. The fraction of sp³-hybridized carbons (Fsp3) is 0.0714. The van der Waals surface area contributed by atoms with Crippen LogP contribution in [0.15, 0.2) is 39.5 Å². The van der Waals surface area contributed by atoms with E-state index in [2.05, 4.69) is 52.5 Å². The van der Waals surface area contributed by atoms with Gasteiger partial charge in [-0.2, -0.15) is 10.2 Å². The molecular weight excluding hydrogens is 485 g/mol. The number of carbonyl (C=O) groups is 1. The van der Waals surface area contributed by atoms with Crippen molar-refractivity contribution in [1.29, 1.82) is 0 Å². The molecule has 0 aliphatic heterocycles. The molecule has 24 heavy (non-hydrogen) atoms. The van der Waals surface area contributed by atoms with Gasteiger partial charge in [-0.1, -0.05) is 29.3 Å². The molecule has 6 nitrogen and oxygen atoms in total. The third-order valence-corrected chi connectivity index (χ3v) is 5.02. The predicted octanol–water partition coefficient (Wildman–Crippen LogP) is 4.74. The summed E-state index contributed by atoms with van der Waals surface area (Å²) in [4.78, 5) is 12.2. The lowest BCUT2D eigenvalue weighted by Gasteiger charge is -2.04. The third-order valence-electron chi connectivity index (χ3n) is 3.10. The summed E-state index contributed by atoms with van der Waals surface area (Å²) in [5.74, 6) is 0.0569. The van der Waals surface area contributed by atoms with E-state index in [4.69, 9.17) is 23.2 Å². The number of carbonyl (C=O) groups excluding carboxylic acids is 1. The van der Waals surface area contributed by atoms with Crippen molar-refractivity contribution in [1.82, 2.24) is 20.0 Å². The van der Waals surface area contributed by atoms with Crippen molar-refractivity contribution >= 4 is 66.8 Å². The second-order valence-electron chi connectivity index (χ2n) is 4.82. The van der Waals surface area contributed by atoms with Gasteiger partial charge in [0.1, 0.15) is 5.69 Å². The fourth-order valence-corrected chi connectivity index (χ4v) is 3.10. The first-order valence-corrected chi connectivity index (χ1v) is 8.95. The van der Waals surface area contributed by atoms with Crippen molar-refractivity contribution in [3.63, 3.8) is 0 Å². The molecular formula is C14H9Br2Cl2N5O. The van der Waals surface area contributed by atoms with Gasteiger partial charge in [0.2, 0.25) is 0 Å². The SMILES string of the molecule is O=C(Nc1nn(Cc2ccc(Cl)c(Cl)c2)cc1Br)c1[nH]ncc1Br. The Morgan fingerprint density at radius 2 is 2.04 bits per heavy atom. The van der Waals surface area contributed by atoms with E-state index in [1.54, 1.807) is 23.0 Å². The summed E-state index contributed by atoms with van der Waals surface area (Å²) >= 11 is 18.6. The minimum atomic E-state index is -0.347. The minimum Gasteiger partial charge on any atom is -0.303 e. The number of benzene rings is 1. The Hall–Kier alpha value is -1.35. The largest absolute Gasteiger partial charge is 0.303 e. The Balaban J connectivity index is 1.76. The average Bonchev–Trinajstić information content (AvgIpc) is 3.09. The summed E-state index contributed by atoms with van der Waals surface area (Å²) < 4.78 is 2.92. The van der Waals surface area contributed by atoms with Crippen LogP contribution in [0.25, 0.3) is 0 Å². The number of aromatic nitrogens is 4. The van der Waals surface area contributed by atoms with Crippen LogP contribution in [0.5, 0.6) is 0 Å². The Kier molecular flexibility index (Phi) is 5.29. The molecule has 0 spiro atoms. The zero-order valence-electron chi connectivity index (χ0n) is 11.9. The highest BCUT2D eigenvalue weighted by molar-refractivity contribution is 9.11. The minimum absolute atomic E-state index is 0.320. The zero-order chi connectivity index (χ0) is 17.3. The Morgan fingerprint density at radius 1 is 1.25 bits per heavy atom. The van der Waals surface area contributed by atoms with Crippen LogP contribution in [0.1, 0.15) is 16.1 Å². The van der Waals surface area contributed by atoms with Crippen LogP contribution in [-0.2, 0) is 6.54 Å². The van der Waals surface area contributed by atoms with Gasteiger partial charge in [-0.25, -0.2) is 0 Å². The van der Waals surface area contributed by atoms with E-state index in [-0.39, 0.29) is 5.91 Å². The van der Waals surface area contributed by atoms with E-state index in [0.717, 1.165) is 5.56 Å². The summed E-state index contributed by atoms with van der Waals surface area (Å²) in [6.07, 6.45) is 3.27. The van der Waals surface area contributed by atoms with Gasteiger partial charge in [-0.3, -0.25) is 14.6 Å². The molecule has 2 N–H and O–H groups in total. The van der Waals surface area contributed by atoms with E-state index >= 15 is 0 Å². The highest BCUT2D eigenvalue weighted by Crippen LogP contribution is 2.25. The maximum atomic E-state index is 12.2. The number of aromatic amines is 1. The summed E-state index contributed by atoms with van der Waals surface area (Å²) in [5, 5.41) is 14.5. The molecule has 124 valence electrons. The van der Waals surface area contributed by atoms with E-state index in [1.807, 2.05) is 6.07 Å². The molecule has 0 fully saturated rings. The van der Waals surface area contributed by atoms with Crippen LogP contribution in [0.4, 0.5) is 5.82 Å². The van der Waals surface area contributed by atoms with Crippen LogP contribution < -0.4 is 5.32 Å². The first kappa shape index (κ1) is 17.5. The molecule has 2 heterocycles. The molecule has 0 aliphatic rings. The second kappa shape index (κ2) is 7.26. The average molecular weight is 494 g/mol. The monoisotopic (exact) mass is 491 g/mol. The number of nitrogens with one attached hydrogen (secondary N) is 2. The highest BCUT2D eigenvalue weighted by atomic mass is 79.9. The molecule has 3 aromatic rings. The highest BCUT2D eigenvalue weighted by Gasteiger charge is 2.16. The van der Waals surface area contributed by atoms with Crippen molar-refractivity contribution in [2.75, 3.05) is 5.32 Å². The molecule has 1 amide bonds. The number of rotatable bonds is 4. The number of hydrogen-bond donors (Lipinski definition) is 2. The fourth-order valence-electron chi connectivity index (χ4n) is 1.99. The van der Waals surface area contributed by atoms with Gasteiger partial charge < -0.3 is 5.32 Å². The number of hydrogen-bond acceptors (Lipinski definition) is 3. The number of H-pyrrole nitrogens is 1. The van der Waals surface area contributed by atoms with Gasteiger partial charge >= 0.3 is 0 Å². The lowest BCUT2D eigenvalue weighted by Crippen LogP contribution is -2.14. The molecule has 2 aromatic heterocycles. The summed E-state index contributed by atoms with van der Waals surface area (Å²) in [6, 6.07) is 5.37. The summed E-state index contributed by atoms with van der Waals surface area (Å²) in [5.41, 5.74) is 1.26. The van der Waals surface area contributed by atoms with Crippen LogP contribution >= 0.6 is 55.1 Å². The van der Waals surface area contributed by atoms with Gasteiger partial charge in [0.25, 0.3) is 5.91 Å². The normalized spacial score (nSPS) is 10.8. The standard InChI is InChI=1S/C14H9Br2Cl2N5O/c15-8-4-19-21-12(8)14(24)20-13-9(16)6-23(22-13)5-7-1-2-10(17)11(18)3-7/h1-4,6H,5H2,(H,19,21)(H,20,22,24). The number of anilines is 1. The van der Waals surface area contributed by atoms with Gasteiger partial charge in [-0.05, 0) is 49.6 Å². The van der Waals surface area contributed by atoms with Crippen molar-refractivity contribution in [3.8, 4) is 0 Å². The molecule has 1 aromatic carbocycles. The zero-order valence-corrected chi connectivity index (χ0v) is 16.5. The number of nitrogens with zero attached hydrogens (tertiary/aromatic N) is 3. The van der Waals surface area contributed by atoms with Crippen LogP contribution in [-0.4, -0.2) is 25.9 Å². The molecule has 0 atom stereocenters. The maximum Gasteiger partial charge on any atom is 0.276 e. The number of amides is 1. The topological polar surface area (TPSA) is 75.6 Å². The van der Waals surface area contributed by atoms with Crippen LogP contribution in [0.3, 0.4) is 0 Å². The van der Waals surface area contributed by atoms with Crippen molar-refractivity contribution < 1.29 is 4.79 Å². The first-order valence-electron chi connectivity index (χ1n) is 6.61. The van der Waals surface area contributed by atoms with E-state index in [1.165, 1.54) is 6.20 Å². The molecule has 0 aliphatic carbocycles. The number of halogens is 4. The Bertz CT molecular complexity index is 908. The molecule has 3 rings (SSSR count). The van der Waals surface area contributed by atoms with Gasteiger partial charge in [0, 0.05) is 6.20 Å². The molecule has 10 heteroatoms. The van der Waals surface area contributed by atoms with Crippen LogP contribution in [0, 0.1) is 0 Å².